The van der Waals surface area contributed by atoms with Gasteiger partial charge < -0.3 is 24.5 Å². The molecule has 4 aliphatic rings. The highest BCUT2D eigenvalue weighted by atomic mass is 16.2. The predicted molar refractivity (Wildman–Crippen MR) is 144 cm³/mol. The van der Waals surface area contributed by atoms with E-state index in [9.17, 15) is 19.2 Å². The first-order valence-corrected chi connectivity index (χ1v) is 14.3. The van der Waals surface area contributed by atoms with Crippen molar-refractivity contribution in [2.24, 2.45) is 5.92 Å². The van der Waals surface area contributed by atoms with E-state index < -0.39 is 5.54 Å². The van der Waals surface area contributed by atoms with Crippen LogP contribution in [0.2, 0.25) is 0 Å². The van der Waals surface area contributed by atoms with Gasteiger partial charge in [0, 0.05) is 58.3 Å². The number of carbonyl (C=O) groups excluding carboxylic acids is 4. The first kappa shape index (κ1) is 26.5. The number of para-hydroxylation sites is 1. The molecule has 5 rings (SSSR count). The highest BCUT2D eigenvalue weighted by Gasteiger charge is 2.54. The summed E-state index contributed by atoms with van der Waals surface area (Å²) in [7, 11) is 0. The molecule has 4 fully saturated rings. The molecular formula is C29H41N5O4. The summed E-state index contributed by atoms with van der Waals surface area (Å²) in [5.41, 5.74) is 0.226. The molecule has 3 heterocycles. The van der Waals surface area contributed by atoms with Crippen molar-refractivity contribution in [3.63, 3.8) is 0 Å². The summed E-state index contributed by atoms with van der Waals surface area (Å²) in [6.45, 7) is 5.11. The molecule has 1 aliphatic carbocycles. The van der Waals surface area contributed by atoms with E-state index in [2.05, 4.69) is 4.90 Å². The van der Waals surface area contributed by atoms with Crippen molar-refractivity contribution < 1.29 is 19.2 Å². The molecule has 3 saturated heterocycles. The third kappa shape index (κ3) is 5.38. The van der Waals surface area contributed by atoms with Crippen molar-refractivity contribution >= 4 is 29.3 Å². The van der Waals surface area contributed by atoms with Gasteiger partial charge in [0.2, 0.25) is 17.7 Å². The topological polar surface area (TPSA) is 84.5 Å². The minimum Gasteiger partial charge on any atom is -0.342 e. The Morgan fingerprint density at radius 3 is 2.08 bits per heavy atom. The molecule has 1 aromatic carbocycles. The number of hydrogen-bond donors (Lipinski definition) is 0. The van der Waals surface area contributed by atoms with Gasteiger partial charge in [-0.1, -0.05) is 43.9 Å². The molecule has 0 bridgehead atoms. The summed E-state index contributed by atoms with van der Waals surface area (Å²) in [5, 5.41) is 0. The molecular weight excluding hydrogens is 482 g/mol. The third-order valence-electron chi connectivity index (χ3n) is 9.17. The van der Waals surface area contributed by atoms with Gasteiger partial charge in [-0.05, 0) is 37.3 Å². The fraction of sp³-hybridized carbons (Fsp3) is 0.655. The summed E-state index contributed by atoms with van der Waals surface area (Å²) in [6.07, 6.45) is 7.79. The molecule has 4 amide bonds. The monoisotopic (exact) mass is 523 g/mol. The lowest BCUT2D eigenvalue weighted by Crippen LogP contribution is -2.57. The largest absolute Gasteiger partial charge is 0.342 e. The number of hydrogen-bond acceptors (Lipinski definition) is 5. The van der Waals surface area contributed by atoms with Crippen molar-refractivity contribution in [2.75, 3.05) is 57.4 Å². The van der Waals surface area contributed by atoms with Crippen molar-refractivity contribution in [3.8, 4) is 0 Å². The Balaban J connectivity index is 1.24. The smallest absolute Gasteiger partial charge is 0.250 e. The van der Waals surface area contributed by atoms with Crippen molar-refractivity contribution in [3.05, 3.63) is 30.3 Å². The maximum absolute atomic E-state index is 14.0. The fourth-order valence-electron chi connectivity index (χ4n) is 6.77. The molecule has 0 N–H and O–H groups in total. The molecule has 9 nitrogen and oxygen atoms in total. The molecule has 206 valence electrons. The van der Waals surface area contributed by atoms with Crippen LogP contribution in [0.1, 0.15) is 58.3 Å². The standard InChI is InChI=1S/C29H41N5O4/c1-23(35)30-17-19-32(20-18-30)27(37)21-33-22-34(25-9-3-2-4-10-25)29(28(33)38)13-15-31(16-14-29)26(36)12-11-24-7-5-6-8-24/h2-4,9-10,24H,5-8,11-22H2,1H3. The minimum atomic E-state index is -0.739. The molecule has 0 unspecified atom stereocenters. The maximum atomic E-state index is 14.0. The average Bonchev–Trinajstić information content (AvgIpc) is 3.56. The van der Waals surface area contributed by atoms with E-state index in [1.165, 1.54) is 25.7 Å². The number of likely N-dealkylation sites (tertiary alicyclic amines) is 1. The molecule has 1 aromatic rings. The number of piperidine rings is 1. The summed E-state index contributed by atoms with van der Waals surface area (Å²) in [6, 6.07) is 9.93. The van der Waals surface area contributed by atoms with Crippen LogP contribution in [0.3, 0.4) is 0 Å². The number of benzene rings is 1. The van der Waals surface area contributed by atoms with Crippen LogP contribution in [0.4, 0.5) is 5.69 Å². The predicted octanol–water partition coefficient (Wildman–Crippen LogP) is 2.31. The zero-order valence-corrected chi connectivity index (χ0v) is 22.6. The van der Waals surface area contributed by atoms with Gasteiger partial charge in [0.05, 0.1) is 6.67 Å². The SMILES string of the molecule is CC(=O)N1CCN(C(=O)CN2CN(c3ccccc3)C3(CCN(C(=O)CCC4CCCC4)CC3)C2=O)CC1. The molecule has 0 aromatic heterocycles. The van der Waals surface area contributed by atoms with Crippen molar-refractivity contribution in [1.29, 1.82) is 0 Å². The Kier molecular flexibility index (Phi) is 7.91. The van der Waals surface area contributed by atoms with E-state index in [1.807, 2.05) is 35.2 Å². The van der Waals surface area contributed by atoms with E-state index in [0.717, 1.165) is 12.1 Å². The number of carbonyl (C=O) groups is 4. The quantitative estimate of drug-likeness (QED) is 0.572. The molecule has 0 radical (unpaired) electrons. The number of rotatable bonds is 6. The normalized spacial score (nSPS) is 22.0. The second-order valence-electron chi connectivity index (χ2n) is 11.4. The van der Waals surface area contributed by atoms with Crippen LogP contribution in [0.5, 0.6) is 0 Å². The van der Waals surface area contributed by atoms with Gasteiger partial charge in [-0.25, -0.2) is 0 Å². The Morgan fingerprint density at radius 1 is 0.842 bits per heavy atom. The van der Waals surface area contributed by atoms with Crippen LogP contribution in [-0.2, 0) is 19.2 Å². The Labute approximate surface area is 225 Å². The summed E-state index contributed by atoms with van der Waals surface area (Å²) < 4.78 is 0. The third-order valence-corrected chi connectivity index (χ3v) is 9.17. The van der Waals surface area contributed by atoms with Crippen LogP contribution < -0.4 is 4.90 Å². The van der Waals surface area contributed by atoms with Crippen molar-refractivity contribution in [1.82, 2.24) is 19.6 Å². The van der Waals surface area contributed by atoms with Gasteiger partial charge in [0.1, 0.15) is 12.1 Å². The molecule has 3 aliphatic heterocycles. The van der Waals surface area contributed by atoms with Crippen molar-refractivity contribution in [2.45, 2.75) is 63.8 Å². The van der Waals surface area contributed by atoms with E-state index in [-0.39, 0.29) is 30.2 Å². The maximum Gasteiger partial charge on any atom is 0.250 e. The average molecular weight is 524 g/mol. The van der Waals surface area contributed by atoms with Crippen LogP contribution in [0.25, 0.3) is 0 Å². The molecule has 1 saturated carbocycles. The Hall–Kier alpha value is -3.10. The zero-order chi connectivity index (χ0) is 26.7. The van der Waals surface area contributed by atoms with E-state index in [0.29, 0.717) is 71.1 Å². The first-order valence-electron chi connectivity index (χ1n) is 14.3. The van der Waals surface area contributed by atoms with Crippen LogP contribution in [-0.4, -0.2) is 101 Å². The van der Waals surface area contributed by atoms with E-state index >= 15 is 0 Å². The van der Waals surface area contributed by atoms with E-state index in [4.69, 9.17) is 0 Å². The van der Waals surface area contributed by atoms with Gasteiger partial charge in [0.15, 0.2) is 0 Å². The molecule has 9 heteroatoms. The van der Waals surface area contributed by atoms with Crippen LogP contribution in [0, 0.1) is 5.92 Å². The van der Waals surface area contributed by atoms with Gasteiger partial charge in [-0.3, -0.25) is 19.2 Å². The number of nitrogens with zero attached hydrogens (tertiary/aromatic N) is 5. The molecule has 0 atom stereocenters. The lowest BCUT2D eigenvalue weighted by molar-refractivity contribution is -0.144. The highest BCUT2D eigenvalue weighted by molar-refractivity contribution is 5.96. The van der Waals surface area contributed by atoms with E-state index in [1.54, 1.807) is 21.6 Å². The number of amides is 4. The number of piperazine rings is 1. The summed E-state index contributed by atoms with van der Waals surface area (Å²) in [5.74, 6) is 0.827. The minimum absolute atomic E-state index is 0.0184. The van der Waals surface area contributed by atoms with Gasteiger partial charge in [-0.2, -0.15) is 0 Å². The van der Waals surface area contributed by atoms with Gasteiger partial charge >= 0.3 is 0 Å². The number of anilines is 1. The highest BCUT2D eigenvalue weighted by Crippen LogP contribution is 2.40. The summed E-state index contributed by atoms with van der Waals surface area (Å²) >= 11 is 0. The van der Waals surface area contributed by atoms with Gasteiger partial charge in [-0.15, -0.1) is 0 Å². The lowest BCUT2D eigenvalue weighted by atomic mass is 9.85. The fourth-order valence-corrected chi connectivity index (χ4v) is 6.77. The zero-order valence-electron chi connectivity index (χ0n) is 22.6. The van der Waals surface area contributed by atoms with Gasteiger partial charge in [0.25, 0.3) is 5.91 Å². The molecule has 1 spiro atoms. The Bertz CT molecular complexity index is 1020. The Morgan fingerprint density at radius 2 is 1.45 bits per heavy atom. The second kappa shape index (κ2) is 11.3. The lowest BCUT2D eigenvalue weighted by Gasteiger charge is -2.43. The van der Waals surface area contributed by atoms with Crippen LogP contribution in [0.15, 0.2) is 30.3 Å². The van der Waals surface area contributed by atoms with Crippen LogP contribution >= 0.6 is 0 Å². The second-order valence-corrected chi connectivity index (χ2v) is 11.4. The molecule has 38 heavy (non-hydrogen) atoms. The first-order chi connectivity index (χ1) is 18.4. The summed E-state index contributed by atoms with van der Waals surface area (Å²) in [4.78, 5) is 61.0.